The molecule has 0 amide bonds. The predicted molar refractivity (Wildman–Crippen MR) is 123 cm³/mol. The second kappa shape index (κ2) is 10.4. The van der Waals surface area contributed by atoms with E-state index in [1.165, 1.54) is 24.1 Å². The summed E-state index contributed by atoms with van der Waals surface area (Å²) in [6, 6.07) is 21.4. The number of likely N-dealkylation sites (tertiary alicyclic amines) is 1. The molecule has 1 atom stereocenters. The van der Waals surface area contributed by atoms with Crippen molar-refractivity contribution in [3.8, 4) is 22.7 Å². The molecule has 3 aromatic rings. The van der Waals surface area contributed by atoms with Gasteiger partial charge in [-0.3, -0.25) is 4.79 Å². The van der Waals surface area contributed by atoms with Gasteiger partial charge in [-0.05, 0) is 75.2 Å². The molecule has 1 aliphatic rings. The van der Waals surface area contributed by atoms with Crippen LogP contribution >= 0.6 is 12.4 Å². The van der Waals surface area contributed by atoms with Crippen LogP contribution in [0.3, 0.4) is 0 Å². The molecule has 0 saturated carbocycles. The highest BCUT2D eigenvalue weighted by Crippen LogP contribution is 2.21. The van der Waals surface area contributed by atoms with Crippen LogP contribution in [-0.4, -0.2) is 40.4 Å². The molecule has 1 aliphatic heterocycles. The third-order valence-corrected chi connectivity index (χ3v) is 5.50. The largest absolute Gasteiger partial charge is 0.494 e. The lowest BCUT2D eigenvalue weighted by atomic mass is 10.1. The van der Waals surface area contributed by atoms with Gasteiger partial charge in [0.15, 0.2) is 0 Å². The summed E-state index contributed by atoms with van der Waals surface area (Å²) in [5.74, 6) is 0.861. The van der Waals surface area contributed by atoms with E-state index >= 15 is 0 Å². The van der Waals surface area contributed by atoms with Gasteiger partial charge in [-0.25, -0.2) is 0 Å². The van der Waals surface area contributed by atoms with Crippen LogP contribution in [0.4, 0.5) is 0 Å². The minimum atomic E-state index is -0.146. The Morgan fingerprint density at radius 2 is 1.80 bits per heavy atom. The number of benzene rings is 2. The van der Waals surface area contributed by atoms with E-state index in [0.717, 1.165) is 42.3 Å². The maximum Gasteiger partial charge on any atom is 0.271 e. The normalized spacial score (nSPS) is 16.2. The Morgan fingerprint density at radius 1 is 1.03 bits per heavy atom. The molecule has 1 aromatic heterocycles. The highest BCUT2D eigenvalue weighted by Gasteiger charge is 2.19. The average molecular weight is 426 g/mol. The van der Waals surface area contributed by atoms with Crippen molar-refractivity contribution in [3.05, 3.63) is 77.1 Å². The highest BCUT2D eigenvalue weighted by atomic mass is 35.5. The lowest BCUT2D eigenvalue weighted by Gasteiger charge is -2.20. The second-order valence-corrected chi connectivity index (χ2v) is 7.56. The van der Waals surface area contributed by atoms with Crippen molar-refractivity contribution in [2.45, 2.75) is 32.2 Å². The molecule has 6 heteroatoms. The minimum absolute atomic E-state index is 0. The number of para-hydroxylation sites is 1. The zero-order valence-electron chi connectivity index (χ0n) is 17.2. The van der Waals surface area contributed by atoms with Crippen LogP contribution in [0.2, 0.25) is 0 Å². The van der Waals surface area contributed by atoms with E-state index in [0.29, 0.717) is 6.04 Å². The Bertz CT molecular complexity index is 989. The van der Waals surface area contributed by atoms with Gasteiger partial charge in [-0.2, -0.15) is 9.78 Å². The van der Waals surface area contributed by atoms with Gasteiger partial charge in [0.05, 0.1) is 18.0 Å². The summed E-state index contributed by atoms with van der Waals surface area (Å²) in [7, 11) is 0. The van der Waals surface area contributed by atoms with E-state index < -0.39 is 0 Å². The number of hydrogen-bond donors (Lipinski definition) is 0. The molecule has 0 spiro atoms. The summed E-state index contributed by atoms with van der Waals surface area (Å²) < 4.78 is 7.33. The molecule has 30 heavy (non-hydrogen) atoms. The molecular weight excluding hydrogens is 398 g/mol. The van der Waals surface area contributed by atoms with Gasteiger partial charge in [0.2, 0.25) is 0 Å². The first-order chi connectivity index (χ1) is 14.2. The van der Waals surface area contributed by atoms with Crippen molar-refractivity contribution in [2.24, 2.45) is 0 Å². The Labute approximate surface area is 183 Å². The van der Waals surface area contributed by atoms with E-state index in [4.69, 9.17) is 4.74 Å². The second-order valence-electron chi connectivity index (χ2n) is 7.56. The van der Waals surface area contributed by atoms with Crippen LogP contribution in [0, 0.1) is 0 Å². The van der Waals surface area contributed by atoms with E-state index in [2.05, 4.69) is 16.9 Å². The molecule has 158 valence electrons. The van der Waals surface area contributed by atoms with Gasteiger partial charge in [-0.15, -0.1) is 12.4 Å². The molecule has 2 heterocycles. The maximum atomic E-state index is 12.2. The number of rotatable bonds is 7. The van der Waals surface area contributed by atoms with Crippen molar-refractivity contribution in [1.82, 2.24) is 14.7 Å². The lowest BCUT2D eigenvalue weighted by molar-refractivity contribution is 0.230. The zero-order chi connectivity index (χ0) is 20.1. The molecule has 0 bridgehead atoms. The highest BCUT2D eigenvalue weighted by molar-refractivity contribution is 5.85. The number of ether oxygens (including phenoxy) is 1. The summed E-state index contributed by atoms with van der Waals surface area (Å²) in [4.78, 5) is 14.7. The SMILES string of the molecule is C[C@@H]1CCCN1CCCOc1ccc(-c2ccc(=O)n(-c3ccccc3)n2)cc1.Cl. The smallest absolute Gasteiger partial charge is 0.271 e. The van der Waals surface area contributed by atoms with Gasteiger partial charge in [0.25, 0.3) is 5.56 Å². The van der Waals surface area contributed by atoms with Gasteiger partial charge in [-0.1, -0.05) is 18.2 Å². The van der Waals surface area contributed by atoms with Gasteiger partial charge in [0.1, 0.15) is 5.75 Å². The minimum Gasteiger partial charge on any atom is -0.494 e. The van der Waals surface area contributed by atoms with Crippen LogP contribution in [-0.2, 0) is 0 Å². The van der Waals surface area contributed by atoms with E-state index in [1.54, 1.807) is 12.1 Å². The van der Waals surface area contributed by atoms with Gasteiger partial charge in [0, 0.05) is 24.2 Å². The number of nitrogens with zero attached hydrogens (tertiary/aromatic N) is 3. The number of hydrogen-bond acceptors (Lipinski definition) is 4. The Hall–Kier alpha value is -2.63. The van der Waals surface area contributed by atoms with Gasteiger partial charge < -0.3 is 9.64 Å². The van der Waals surface area contributed by atoms with E-state index in [9.17, 15) is 4.79 Å². The van der Waals surface area contributed by atoms with E-state index in [-0.39, 0.29) is 18.0 Å². The zero-order valence-corrected chi connectivity index (χ0v) is 18.1. The van der Waals surface area contributed by atoms with Crippen LogP contribution in [0.5, 0.6) is 5.75 Å². The topological polar surface area (TPSA) is 47.4 Å². The first kappa shape index (κ1) is 22.1. The fourth-order valence-corrected chi connectivity index (χ4v) is 3.82. The maximum absolute atomic E-state index is 12.2. The van der Waals surface area contributed by atoms with Crippen molar-refractivity contribution >= 4 is 12.4 Å². The fraction of sp³-hybridized carbons (Fsp3) is 0.333. The van der Waals surface area contributed by atoms with Crippen molar-refractivity contribution in [3.63, 3.8) is 0 Å². The molecule has 4 rings (SSSR count). The first-order valence-electron chi connectivity index (χ1n) is 10.3. The third-order valence-electron chi connectivity index (χ3n) is 5.50. The average Bonchev–Trinajstić information content (AvgIpc) is 3.17. The molecule has 2 aromatic carbocycles. The quantitative estimate of drug-likeness (QED) is 0.520. The summed E-state index contributed by atoms with van der Waals surface area (Å²) in [6.45, 7) is 5.35. The molecule has 1 saturated heterocycles. The van der Waals surface area contributed by atoms with Crippen molar-refractivity contribution in [1.29, 1.82) is 0 Å². The lowest BCUT2D eigenvalue weighted by Crippen LogP contribution is -2.28. The predicted octanol–water partition coefficient (Wildman–Crippen LogP) is 4.57. The summed E-state index contributed by atoms with van der Waals surface area (Å²) in [5.41, 5.74) is 2.31. The Kier molecular flexibility index (Phi) is 7.66. The molecule has 0 aliphatic carbocycles. The van der Waals surface area contributed by atoms with Crippen LogP contribution < -0.4 is 10.3 Å². The van der Waals surface area contributed by atoms with E-state index in [1.807, 2.05) is 54.6 Å². The molecular formula is C24H28ClN3O2. The standard InChI is InChI=1S/C24H27N3O2.ClH/c1-19-7-5-16-26(19)17-6-18-29-22-12-10-20(11-13-22)23-14-15-24(28)27(25-23)21-8-3-2-4-9-21;/h2-4,8-15,19H,5-7,16-18H2,1H3;1H/t19-;/m1./s1. The van der Waals surface area contributed by atoms with Crippen molar-refractivity contribution in [2.75, 3.05) is 19.7 Å². The van der Waals surface area contributed by atoms with Crippen molar-refractivity contribution < 1.29 is 4.74 Å². The summed E-state index contributed by atoms with van der Waals surface area (Å²) in [6.07, 6.45) is 3.67. The number of halogens is 1. The van der Waals surface area contributed by atoms with Gasteiger partial charge >= 0.3 is 0 Å². The first-order valence-corrected chi connectivity index (χ1v) is 10.3. The summed E-state index contributed by atoms with van der Waals surface area (Å²) >= 11 is 0. The Balaban J connectivity index is 0.00000256. The van der Waals surface area contributed by atoms with Crippen LogP contribution in [0.1, 0.15) is 26.2 Å². The van der Waals surface area contributed by atoms with Crippen LogP contribution in [0.15, 0.2) is 71.5 Å². The Morgan fingerprint density at radius 3 is 2.50 bits per heavy atom. The molecule has 0 radical (unpaired) electrons. The van der Waals surface area contributed by atoms with Crippen LogP contribution in [0.25, 0.3) is 16.9 Å². The molecule has 0 N–H and O–H groups in total. The molecule has 0 unspecified atom stereocenters. The molecule has 1 fully saturated rings. The summed E-state index contributed by atoms with van der Waals surface area (Å²) in [5, 5.41) is 4.53. The fourth-order valence-electron chi connectivity index (χ4n) is 3.82. The molecule has 5 nitrogen and oxygen atoms in total. The monoisotopic (exact) mass is 425 g/mol. The number of aromatic nitrogens is 2. The third kappa shape index (κ3) is 5.29.